The summed E-state index contributed by atoms with van der Waals surface area (Å²) in [5, 5.41) is 2.83. The summed E-state index contributed by atoms with van der Waals surface area (Å²) in [7, 11) is 3.27. The Morgan fingerprint density at radius 3 is 2.85 bits per heavy atom. The molecule has 0 saturated carbocycles. The van der Waals surface area contributed by atoms with E-state index in [9.17, 15) is 9.59 Å². The minimum Gasteiger partial charge on any atom is -0.359 e. The molecule has 1 amide bonds. The van der Waals surface area contributed by atoms with Crippen LogP contribution in [0.1, 0.15) is 22.2 Å². The Hall–Kier alpha value is -2.28. The first kappa shape index (κ1) is 12.7. The van der Waals surface area contributed by atoms with Crippen LogP contribution >= 0.6 is 0 Å². The van der Waals surface area contributed by atoms with E-state index in [-0.39, 0.29) is 17.6 Å². The summed E-state index contributed by atoms with van der Waals surface area (Å²) >= 11 is 0. The van der Waals surface area contributed by atoms with Crippen LogP contribution in [-0.2, 0) is 18.2 Å². The second-order valence-electron chi connectivity index (χ2n) is 4.85. The Morgan fingerprint density at radius 1 is 1.40 bits per heavy atom. The fourth-order valence-corrected chi connectivity index (χ4v) is 2.62. The van der Waals surface area contributed by atoms with Crippen molar-refractivity contribution in [3.8, 4) is 0 Å². The maximum atomic E-state index is 11.9. The van der Waals surface area contributed by atoms with E-state index in [4.69, 9.17) is 4.74 Å². The number of carbonyl (C=O) groups excluding carboxylic acids is 1. The van der Waals surface area contributed by atoms with Gasteiger partial charge < -0.3 is 19.6 Å². The number of methoxy groups -OCH3 is 1. The molecule has 3 rings (SSSR count). The zero-order valence-electron chi connectivity index (χ0n) is 11.3. The first-order chi connectivity index (χ1) is 9.61. The van der Waals surface area contributed by atoms with E-state index in [1.807, 2.05) is 16.8 Å². The second-order valence-corrected chi connectivity index (χ2v) is 4.85. The summed E-state index contributed by atoms with van der Waals surface area (Å²) in [5.74, 6) is -0.152. The number of nitrogens with zero attached hydrogens (tertiary/aromatic N) is 2. The van der Waals surface area contributed by atoms with Gasteiger partial charge in [0.05, 0.1) is 6.04 Å². The summed E-state index contributed by atoms with van der Waals surface area (Å²) < 4.78 is 8.82. The van der Waals surface area contributed by atoms with Crippen molar-refractivity contribution in [2.45, 2.75) is 18.7 Å². The van der Waals surface area contributed by atoms with Gasteiger partial charge in [0.15, 0.2) is 6.23 Å². The van der Waals surface area contributed by atoms with Crippen molar-refractivity contribution in [2.24, 2.45) is 7.05 Å². The van der Waals surface area contributed by atoms with Crippen LogP contribution in [0, 0.1) is 0 Å². The monoisotopic (exact) mass is 276 g/mol. The fourth-order valence-electron chi connectivity index (χ4n) is 2.62. The maximum Gasteiger partial charge on any atom is 0.325 e. The van der Waals surface area contributed by atoms with Gasteiger partial charge in [0.2, 0.25) is 0 Å². The topological polar surface area (TPSA) is 81.1 Å². The largest absolute Gasteiger partial charge is 0.359 e. The second kappa shape index (κ2) is 4.68. The van der Waals surface area contributed by atoms with E-state index in [2.05, 4.69) is 10.3 Å². The van der Waals surface area contributed by atoms with Crippen LogP contribution in [0.25, 0.3) is 0 Å². The van der Waals surface area contributed by atoms with E-state index in [0.29, 0.717) is 12.1 Å². The summed E-state index contributed by atoms with van der Waals surface area (Å²) in [5.41, 5.74) is 1.31. The van der Waals surface area contributed by atoms with Crippen molar-refractivity contribution in [2.75, 3.05) is 7.11 Å². The molecule has 3 heterocycles. The molecule has 20 heavy (non-hydrogen) atoms. The number of nitrogens with one attached hydrogen (secondary N) is 2. The Balaban J connectivity index is 1.98. The summed E-state index contributed by atoms with van der Waals surface area (Å²) in [6.07, 6.45) is 3.70. The average Bonchev–Trinajstić information content (AvgIpc) is 3.04. The number of aromatic amines is 1. The van der Waals surface area contributed by atoms with Crippen molar-refractivity contribution in [3.05, 3.63) is 46.4 Å². The smallest absolute Gasteiger partial charge is 0.325 e. The quantitative estimate of drug-likeness (QED) is 0.829. The zero-order chi connectivity index (χ0) is 14.3. The number of imidazole rings is 1. The molecule has 7 nitrogen and oxygen atoms in total. The first-order valence-electron chi connectivity index (χ1n) is 6.35. The fraction of sp³-hybridized carbons (Fsp3) is 0.385. The van der Waals surface area contributed by atoms with E-state index in [1.54, 1.807) is 31.0 Å². The molecule has 1 aliphatic rings. The molecule has 0 spiro atoms. The van der Waals surface area contributed by atoms with Crippen LogP contribution in [0.5, 0.6) is 0 Å². The highest BCUT2D eigenvalue weighted by atomic mass is 16.5. The minimum absolute atomic E-state index is 0.0934. The molecule has 2 aromatic rings. The average molecular weight is 276 g/mol. The molecule has 0 saturated heterocycles. The Kier molecular flexibility index (Phi) is 2.98. The van der Waals surface area contributed by atoms with Gasteiger partial charge in [-0.15, -0.1) is 0 Å². The lowest BCUT2D eigenvalue weighted by Crippen LogP contribution is -2.49. The molecule has 2 N–H and O–H groups in total. The lowest BCUT2D eigenvalue weighted by molar-refractivity contribution is 0.0173. The highest BCUT2D eigenvalue weighted by Gasteiger charge is 2.33. The summed E-state index contributed by atoms with van der Waals surface area (Å²) in [4.78, 5) is 26.0. The molecule has 0 unspecified atom stereocenters. The normalized spacial score (nSPS) is 21.6. The van der Waals surface area contributed by atoms with Crippen LogP contribution in [0.4, 0.5) is 0 Å². The number of fused-ring (bicyclic) bond motifs is 1. The van der Waals surface area contributed by atoms with E-state index in [0.717, 1.165) is 5.69 Å². The Morgan fingerprint density at radius 2 is 2.20 bits per heavy atom. The van der Waals surface area contributed by atoms with E-state index >= 15 is 0 Å². The SMILES string of the molecule is CO[C@H]1NC(=O)c2cccn2[C@@H]1Cc1c[nH]c(=O)n1C. The van der Waals surface area contributed by atoms with Gasteiger partial charge in [-0.3, -0.25) is 9.36 Å². The van der Waals surface area contributed by atoms with E-state index < -0.39 is 6.23 Å². The molecule has 1 aliphatic heterocycles. The number of rotatable bonds is 3. The predicted octanol–water partition coefficient (Wildman–Crippen LogP) is 0.0146. The van der Waals surface area contributed by atoms with Gasteiger partial charge in [-0.05, 0) is 12.1 Å². The van der Waals surface area contributed by atoms with E-state index in [1.165, 1.54) is 0 Å². The molecule has 2 atom stereocenters. The number of hydrogen-bond acceptors (Lipinski definition) is 3. The van der Waals surface area contributed by atoms with Crippen molar-refractivity contribution in [1.29, 1.82) is 0 Å². The third-order valence-electron chi connectivity index (χ3n) is 3.76. The van der Waals surface area contributed by atoms with Gasteiger partial charge in [0.25, 0.3) is 5.91 Å². The zero-order valence-corrected chi connectivity index (χ0v) is 11.3. The van der Waals surface area contributed by atoms with Crippen molar-refractivity contribution >= 4 is 5.91 Å². The van der Waals surface area contributed by atoms with Crippen LogP contribution in [0.15, 0.2) is 29.3 Å². The van der Waals surface area contributed by atoms with Crippen molar-refractivity contribution in [3.63, 3.8) is 0 Å². The van der Waals surface area contributed by atoms with Gasteiger partial charge in [-0.1, -0.05) is 0 Å². The van der Waals surface area contributed by atoms with Crippen LogP contribution < -0.4 is 11.0 Å². The third-order valence-corrected chi connectivity index (χ3v) is 3.76. The molecular weight excluding hydrogens is 260 g/mol. The number of carbonyl (C=O) groups is 1. The number of aromatic nitrogens is 3. The lowest BCUT2D eigenvalue weighted by Gasteiger charge is -2.33. The molecule has 0 fully saturated rings. The minimum atomic E-state index is -0.424. The molecule has 2 aromatic heterocycles. The molecular formula is C13H16N4O3. The predicted molar refractivity (Wildman–Crippen MR) is 71.5 cm³/mol. The highest BCUT2D eigenvalue weighted by molar-refractivity contribution is 5.93. The van der Waals surface area contributed by atoms with Gasteiger partial charge >= 0.3 is 5.69 Å². The number of hydrogen-bond donors (Lipinski definition) is 2. The van der Waals surface area contributed by atoms with Gasteiger partial charge in [0, 0.05) is 38.7 Å². The summed E-state index contributed by atoms with van der Waals surface area (Å²) in [6, 6.07) is 3.50. The Bertz CT molecular complexity index is 697. The van der Waals surface area contributed by atoms with Gasteiger partial charge in [-0.25, -0.2) is 4.79 Å². The van der Waals surface area contributed by atoms with Gasteiger partial charge in [0.1, 0.15) is 5.69 Å². The number of ether oxygens (including phenoxy) is 1. The molecule has 0 aliphatic carbocycles. The molecule has 0 bridgehead atoms. The summed E-state index contributed by atoms with van der Waals surface area (Å²) in [6.45, 7) is 0. The molecule has 7 heteroatoms. The molecule has 106 valence electrons. The molecule has 0 radical (unpaired) electrons. The number of amides is 1. The lowest BCUT2D eigenvalue weighted by atomic mass is 10.1. The van der Waals surface area contributed by atoms with Crippen LogP contribution in [0.3, 0.4) is 0 Å². The highest BCUT2D eigenvalue weighted by Crippen LogP contribution is 2.25. The van der Waals surface area contributed by atoms with Crippen LogP contribution in [0.2, 0.25) is 0 Å². The molecule has 0 aromatic carbocycles. The number of H-pyrrole nitrogens is 1. The van der Waals surface area contributed by atoms with Crippen molar-refractivity contribution in [1.82, 2.24) is 19.4 Å². The maximum absolute atomic E-state index is 11.9. The van der Waals surface area contributed by atoms with Crippen molar-refractivity contribution < 1.29 is 9.53 Å². The first-order valence-corrected chi connectivity index (χ1v) is 6.35. The van der Waals surface area contributed by atoms with Gasteiger partial charge in [-0.2, -0.15) is 0 Å². The standard InChI is InChI=1S/C13H16N4O3/c1-16-8(7-14-13(16)19)6-10-12(20-2)15-11(18)9-4-3-5-17(9)10/h3-5,7,10,12H,6H2,1-2H3,(H,14,19)(H,15,18)/t10-,12-/m1/s1. The Labute approximate surface area is 115 Å². The van der Waals surface area contributed by atoms with Crippen LogP contribution in [-0.4, -0.2) is 33.4 Å². The third kappa shape index (κ3) is 1.87.